The van der Waals surface area contributed by atoms with Gasteiger partial charge in [-0.15, -0.1) is 27.8 Å². The number of ether oxygens (including phenoxy) is 2. The Bertz CT molecular complexity index is 1250. The van der Waals surface area contributed by atoms with Crippen LogP contribution in [-0.4, -0.2) is 39.6 Å². The van der Waals surface area contributed by atoms with Crippen LogP contribution in [0, 0.1) is 6.92 Å². The topological polar surface area (TPSA) is 93.7 Å². The molecule has 0 aliphatic heterocycles. The summed E-state index contributed by atoms with van der Waals surface area (Å²) >= 11 is 3.03. The summed E-state index contributed by atoms with van der Waals surface area (Å²) in [6.07, 6.45) is 0.615. The molecule has 0 bridgehead atoms. The highest BCUT2D eigenvalue weighted by molar-refractivity contribution is 7.20. The smallest absolute Gasteiger partial charge is 0.415 e. The first-order valence-electron chi connectivity index (χ1n) is 11.6. The molecule has 0 aliphatic carbocycles. The molecular weight excluding hydrogens is 496 g/mol. The lowest BCUT2D eigenvalue weighted by molar-refractivity contribution is 0.0517. The van der Waals surface area contributed by atoms with E-state index in [1.807, 2.05) is 72.9 Å². The summed E-state index contributed by atoms with van der Waals surface area (Å²) in [4.78, 5) is 29.1. The number of hydrogen-bond donors (Lipinski definition) is 1. The second-order valence-corrected chi connectivity index (χ2v) is 12.6. The van der Waals surface area contributed by atoms with E-state index in [2.05, 4.69) is 22.1 Å². The number of fused-ring (bicyclic) bond motifs is 1. The first-order valence-corrected chi connectivity index (χ1v) is 13.3. The maximum absolute atomic E-state index is 13.3. The third kappa shape index (κ3) is 6.82. The normalized spacial score (nSPS) is 12.8. The number of alkyl carbamates (subject to hydrolysis) is 1. The minimum atomic E-state index is -0.655. The summed E-state index contributed by atoms with van der Waals surface area (Å²) < 4.78 is 11.9. The molecule has 0 unspecified atom stereocenters. The van der Waals surface area contributed by atoms with E-state index in [1.54, 1.807) is 22.4 Å². The molecule has 1 N–H and O–H groups in total. The van der Waals surface area contributed by atoms with Gasteiger partial charge in [-0.2, -0.15) is 5.10 Å². The minimum Gasteiger partial charge on any atom is -0.444 e. The average Bonchev–Trinajstić information content (AvgIpc) is 3.36. The molecule has 1 atom stereocenters. The van der Waals surface area contributed by atoms with Crippen LogP contribution in [0.15, 0.2) is 30.3 Å². The lowest BCUT2D eigenvalue weighted by Crippen LogP contribution is -2.38. The Labute approximate surface area is 220 Å². The van der Waals surface area contributed by atoms with E-state index in [9.17, 15) is 9.59 Å². The Morgan fingerprint density at radius 3 is 2.42 bits per heavy atom. The number of aromatic nitrogens is 2. The molecule has 36 heavy (non-hydrogen) atoms. The number of carbonyl (C=O) groups is 2. The number of thiophene rings is 2. The van der Waals surface area contributed by atoms with E-state index in [4.69, 9.17) is 9.47 Å². The molecule has 2 amide bonds. The van der Waals surface area contributed by atoms with Crippen LogP contribution in [0.5, 0.6) is 0 Å². The summed E-state index contributed by atoms with van der Waals surface area (Å²) in [5, 5.41) is 13.4. The van der Waals surface area contributed by atoms with Crippen LogP contribution in [0.25, 0.3) is 15.8 Å². The van der Waals surface area contributed by atoms with Crippen molar-refractivity contribution in [1.29, 1.82) is 0 Å². The molecule has 0 saturated carbocycles. The van der Waals surface area contributed by atoms with Gasteiger partial charge in [-0.1, -0.05) is 12.6 Å². The van der Waals surface area contributed by atoms with Crippen LogP contribution >= 0.6 is 22.7 Å². The van der Waals surface area contributed by atoms with Crippen molar-refractivity contribution < 1.29 is 19.1 Å². The van der Waals surface area contributed by atoms with Gasteiger partial charge in [-0.25, -0.2) is 9.59 Å². The second-order valence-electron chi connectivity index (χ2n) is 10.5. The maximum atomic E-state index is 13.3. The molecule has 10 heteroatoms. The molecule has 8 nitrogen and oxygen atoms in total. The van der Waals surface area contributed by atoms with Gasteiger partial charge in [-0.3, -0.25) is 4.90 Å². The lowest BCUT2D eigenvalue weighted by Gasteiger charge is -2.27. The van der Waals surface area contributed by atoms with Crippen molar-refractivity contribution in [2.75, 3.05) is 4.90 Å². The summed E-state index contributed by atoms with van der Waals surface area (Å²) in [6.45, 7) is 19.3. The number of rotatable bonds is 6. The molecule has 3 aromatic rings. The molecule has 3 aromatic heterocycles. The van der Waals surface area contributed by atoms with Gasteiger partial charge < -0.3 is 14.8 Å². The van der Waals surface area contributed by atoms with Gasteiger partial charge in [0, 0.05) is 9.75 Å². The highest BCUT2D eigenvalue weighted by Crippen LogP contribution is 2.40. The minimum absolute atomic E-state index is 0.344. The Kier molecular flexibility index (Phi) is 8.10. The van der Waals surface area contributed by atoms with Crippen LogP contribution in [0.4, 0.5) is 15.3 Å². The number of nitrogens with one attached hydrogen (secondary N) is 1. The van der Waals surface area contributed by atoms with Crippen molar-refractivity contribution in [3.8, 4) is 0 Å². The van der Waals surface area contributed by atoms with Gasteiger partial charge in [-0.05, 0) is 78.0 Å². The predicted molar refractivity (Wildman–Crippen MR) is 147 cm³/mol. The number of carbonyl (C=O) groups excluding carboxylic acids is 2. The quantitative estimate of drug-likeness (QED) is 0.371. The van der Waals surface area contributed by atoms with E-state index in [1.165, 1.54) is 11.3 Å². The van der Waals surface area contributed by atoms with Crippen LogP contribution in [0.1, 0.15) is 63.8 Å². The SMILES string of the molecule is C=C(c1sc2c(N(Cc3cccs3)C(=O)OC(C)(C)C)cnnc2c1C)[C@H](C)NC(=O)OC(C)(C)C. The Balaban J connectivity index is 1.99. The number of hydrogen-bond acceptors (Lipinski definition) is 8. The maximum Gasteiger partial charge on any atom is 0.415 e. The molecule has 0 saturated heterocycles. The van der Waals surface area contributed by atoms with Crippen LogP contribution in [0.2, 0.25) is 0 Å². The predicted octanol–water partition coefficient (Wildman–Crippen LogP) is 6.93. The van der Waals surface area contributed by atoms with Crippen molar-refractivity contribution in [2.45, 2.75) is 79.2 Å². The van der Waals surface area contributed by atoms with Crippen molar-refractivity contribution in [1.82, 2.24) is 15.5 Å². The molecule has 0 fully saturated rings. The van der Waals surface area contributed by atoms with E-state index >= 15 is 0 Å². The molecular formula is C26H34N4O4S2. The number of amides is 2. The first-order chi connectivity index (χ1) is 16.7. The van der Waals surface area contributed by atoms with Gasteiger partial charge in [0.25, 0.3) is 0 Å². The Morgan fingerprint density at radius 1 is 1.17 bits per heavy atom. The second kappa shape index (κ2) is 10.6. The number of anilines is 1. The average molecular weight is 531 g/mol. The molecule has 194 valence electrons. The van der Waals surface area contributed by atoms with E-state index < -0.39 is 23.4 Å². The van der Waals surface area contributed by atoms with Gasteiger partial charge in [0.15, 0.2) is 0 Å². The molecule has 3 rings (SSSR count). The zero-order valence-corrected chi connectivity index (χ0v) is 23.7. The summed E-state index contributed by atoms with van der Waals surface area (Å²) in [6, 6.07) is 3.55. The monoisotopic (exact) mass is 530 g/mol. The molecule has 0 aliphatic rings. The van der Waals surface area contributed by atoms with Gasteiger partial charge in [0.1, 0.15) is 16.7 Å². The van der Waals surface area contributed by atoms with Crippen LogP contribution < -0.4 is 10.2 Å². The Hall–Kier alpha value is -2.98. The lowest BCUT2D eigenvalue weighted by atomic mass is 10.1. The molecule has 3 heterocycles. The Morgan fingerprint density at radius 2 is 1.83 bits per heavy atom. The molecule has 0 aromatic carbocycles. The van der Waals surface area contributed by atoms with Crippen molar-refractivity contribution in [3.05, 3.63) is 45.6 Å². The van der Waals surface area contributed by atoms with E-state index in [0.29, 0.717) is 17.7 Å². The highest BCUT2D eigenvalue weighted by atomic mass is 32.1. The van der Waals surface area contributed by atoms with Gasteiger partial charge >= 0.3 is 12.2 Å². The molecule has 0 spiro atoms. The largest absolute Gasteiger partial charge is 0.444 e. The first kappa shape index (κ1) is 27.6. The van der Waals surface area contributed by atoms with Crippen molar-refractivity contribution >= 4 is 56.3 Å². The van der Waals surface area contributed by atoms with Crippen molar-refractivity contribution in [2.24, 2.45) is 0 Å². The fourth-order valence-electron chi connectivity index (χ4n) is 3.39. The summed E-state index contributed by atoms with van der Waals surface area (Å²) in [7, 11) is 0. The number of nitrogens with zero attached hydrogens (tertiary/aromatic N) is 3. The summed E-state index contributed by atoms with van der Waals surface area (Å²) in [5.74, 6) is 0. The third-order valence-corrected chi connectivity index (χ3v) is 7.27. The van der Waals surface area contributed by atoms with Gasteiger partial charge in [0.05, 0.1) is 29.2 Å². The fraction of sp³-hybridized carbons (Fsp3) is 0.462. The fourth-order valence-corrected chi connectivity index (χ4v) is 5.40. The third-order valence-electron chi connectivity index (χ3n) is 5.03. The standard InChI is InChI=1S/C26H34N4O4S2/c1-15(17(3)28-23(31)33-25(4,5)6)21-16(2)20-22(36-21)19(13-27-29-20)30(14-18-11-10-12-35-18)24(32)34-26(7,8)9/h10-13,17H,1,14H2,2-9H3,(H,28,31)/t17-/m0/s1. The summed E-state index contributed by atoms with van der Waals surface area (Å²) in [5.41, 5.74) is 1.64. The zero-order valence-electron chi connectivity index (χ0n) is 22.1. The molecule has 0 radical (unpaired) electrons. The number of aryl methyl sites for hydroxylation is 1. The van der Waals surface area contributed by atoms with Crippen LogP contribution in [-0.2, 0) is 16.0 Å². The van der Waals surface area contributed by atoms with Crippen LogP contribution in [0.3, 0.4) is 0 Å². The van der Waals surface area contributed by atoms with E-state index in [-0.39, 0.29) is 6.04 Å². The zero-order chi connectivity index (χ0) is 26.8. The van der Waals surface area contributed by atoms with Crippen molar-refractivity contribution in [3.63, 3.8) is 0 Å². The highest BCUT2D eigenvalue weighted by Gasteiger charge is 2.28. The van der Waals surface area contributed by atoms with E-state index in [0.717, 1.165) is 25.6 Å². The van der Waals surface area contributed by atoms with Gasteiger partial charge in [0.2, 0.25) is 0 Å².